The minimum absolute atomic E-state index is 0.0435. The second kappa shape index (κ2) is 6.59. The molecule has 0 aliphatic carbocycles. The summed E-state index contributed by atoms with van der Waals surface area (Å²) in [6.45, 7) is 5.56. The van der Waals surface area contributed by atoms with Crippen molar-refractivity contribution in [3.8, 4) is 11.3 Å². The van der Waals surface area contributed by atoms with Gasteiger partial charge in [-0.2, -0.15) is 0 Å². The van der Waals surface area contributed by atoms with E-state index in [1.807, 2.05) is 44.2 Å². The summed E-state index contributed by atoms with van der Waals surface area (Å²) in [4.78, 5) is 15.6. The number of aromatic nitrogens is 1. The normalized spacial score (nSPS) is 9.12. The summed E-state index contributed by atoms with van der Waals surface area (Å²) in [7, 11) is 0. The van der Waals surface area contributed by atoms with Crippen LogP contribution in [0.3, 0.4) is 0 Å². The van der Waals surface area contributed by atoms with Gasteiger partial charge in [-0.05, 0) is 19.1 Å². The van der Waals surface area contributed by atoms with Crippen molar-refractivity contribution >= 4 is 5.78 Å². The number of hydrogen-bond donors (Lipinski definition) is 0. The molecule has 0 aliphatic heterocycles. The molecule has 0 spiro atoms. The molecule has 1 heterocycles. The van der Waals surface area contributed by atoms with E-state index >= 15 is 0 Å². The number of ketones is 1. The first kappa shape index (κ1) is 13.1. The molecule has 0 bridgehead atoms. The Labute approximate surface area is 102 Å². The van der Waals surface area contributed by atoms with Crippen LogP contribution < -0.4 is 0 Å². The lowest BCUT2D eigenvalue weighted by molar-refractivity contribution is 0.101. The molecule has 0 amide bonds. The van der Waals surface area contributed by atoms with Gasteiger partial charge in [0.15, 0.2) is 5.78 Å². The van der Waals surface area contributed by atoms with Crippen molar-refractivity contribution in [2.45, 2.75) is 20.8 Å². The maximum Gasteiger partial charge on any atom is 0.161 e. The highest BCUT2D eigenvalue weighted by Gasteiger charge is 2.08. The number of hydrogen-bond acceptors (Lipinski definition) is 2. The number of benzene rings is 1. The van der Waals surface area contributed by atoms with E-state index in [9.17, 15) is 4.79 Å². The standard InChI is InChI=1S/C13H11NO.C2H6/c1-10(15)12-8-5-9-14-13(12)11-6-3-2-4-7-11;1-2/h2-9H,1H3;1-2H3. The van der Waals surface area contributed by atoms with Crippen molar-refractivity contribution in [3.05, 3.63) is 54.2 Å². The van der Waals surface area contributed by atoms with Gasteiger partial charge in [0.2, 0.25) is 0 Å². The van der Waals surface area contributed by atoms with E-state index in [4.69, 9.17) is 0 Å². The quantitative estimate of drug-likeness (QED) is 0.726. The lowest BCUT2D eigenvalue weighted by Gasteiger charge is -2.04. The molecule has 2 rings (SSSR count). The zero-order valence-corrected chi connectivity index (χ0v) is 10.5. The lowest BCUT2D eigenvalue weighted by Crippen LogP contribution is -1.97. The Hall–Kier alpha value is -1.96. The molecule has 0 saturated carbocycles. The van der Waals surface area contributed by atoms with Crippen LogP contribution in [0.2, 0.25) is 0 Å². The molecule has 0 atom stereocenters. The molecule has 1 aromatic heterocycles. The average Bonchev–Trinajstić information content (AvgIpc) is 2.42. The lowest BCUT2D eigenvalue weighted by atomic mass is 10.0. The van der Waals surface area contributed by atoms with Gasteiger partial charge in [-0.1, -0.05) is 44.2 Å². The minimum Gasteiger partial charge on any atom is -0.294 e. The van der Waals surface area contributed by atoms with Crippen LogP contribution in [0.1, 0.15) is 31.1 Å². The van der Waals surface area contributed by atoms with E-state index in [1.54, 1.807) is 25.3 Å². The summed E-state index contributed by atoms with van der Waals surface area (Å²) in [6.07, 6.45) is 1.70. The number of carbonyl (C=O) groups excluding carboxylic acids is 1. The van der Waals surface area contributed by atoms with Gasteiger partial charge < -0.3 is 0 Å². The van der Waals surface area contributed by atoms with Crippen LogP contribution in [0.4, 0.5) is 0 Å². The van der Waals surface area contributed by atoms with E-state index < -0.39 is 0 Å². The predicted molar refractivity (Wildman–Crippen MR) is 71.0 cm³/mol. The number of pyridine rings is 1. The maximum absolute atomic E-state index is 11.4. The molecule has 2 heteroatoms. The van der Waals surface area contributed by atoms with Crippen LogP contribution in [-0.2, 0) is 0 Å². The van der Waals surface area contributed by atoms with Crippen molar-refractivity contribution < 1.29 is 4.79 Å². The van der Waals surface area contributed by atoms with E-state index in [1.165, 1.54) is 0 Å². The van der Waals surface area contributed by atoms with Gasteiger partial charge in [-0.15, -0.1) is 0 Å². The molecule has 2 nitrogen and oxygen atoms in total. The summed E-state index contributed by atoms with van der Waals surface area (Å²) >= 11 is 0. The largest absolute Gasteiger partial charge is 0.294 e. The smallest absolute Gasteiger partial charge is 0.161 e. The molecule has 0 fully saturated rings. The van der Waals surface area contributed by atoms with Gasteiger partial charge in [-0.25, -0.2) is 0 Å². The molecule has 0 unspecified atom stereocenters. The van der Waals surface area contributed by atoms with Crippen LogP contribution in [0.5, 0.6) is 0 Å². The van der Waals surface area contributed by atoms with Crippen LogP contribution in [0.25, 0.3) is 11.3 Å². The first-order chi connectivity index (χ1) is 8.29. The van der Waals surface area contributed by atoms with E-state index in [-0.39, 0.29) is 5.78 Å². The van der Waals surface area contributed by atoms with Crippen molar-refractivity contribution in [2.24, 2.45) is 0 Å². The summed E-state index contributed by atoms with van der Waals surface area (Å²) in [5.41, 5.74) is 2.40. The maximum atomic E-state index is 11.4. The van der Waals surface area contributed by atoms with Gasteiger partial charge in [0.25, 0.3) is 0 Å². The van der Waals surface area contributed by atoms with Gasteiger partial charge in [0.05, 0.1) is 5.69 Å². The van der Waals surface area contributed by atoms with Crippen molar-refractivity contribution in [2.75, 3.05) is 0 Å². The number of nitrogens with zero attached hydrogens (tertiary/aromatic N) is 1. The third-order valence-corrected chi connectivity index (χ3v) is 2.23. The highest BCUT2D eigenvalue weighted by atomic mass is 16.1. The topological polar surface area (TPSA) is 30.0 Å². The molecule has 1 aromatic carbocycles. The monoisotopic (exact) mass is 227 g/mol. The second-order valence-electron chi connectivity index (χ2n) is 3.32. The first-order valence-electron chi connectivity index (χ1n) is 5.80. The van der Waals surface area contributed by atoms with Crippen LogP contribution >= 0.6 is 0 Å². The van der Waals surface area contributed by atoms with Crippen molar-refractivity contribution in [1.29, 1.82) is 0 Å². The number of Topliss-reactive ketones (excluding diaryl/α,β-unsaturated/α-hetero) is 1. The van der Waals surface area contributed by atoms with Crippen LogP contribution in [0.15, 0.2) is 48.7 Å². The first-order valence-corrected chi connectivity index (χ1v) is 5.80. The Morgan fingerprint density at radius 2 is 1.65 bits per heavy atom. The highest BCUT2D eigenvalue weighted by molar-refractivity contribution is 5.99. The fraction of sp³-hybridized carbons (Fsp3) is 0.200. The third kappa shape index (κ3) is 3.25. The van der Waals surface area contributed by atoms with Gasteiger partial charge in [0, 0.05) is 17.3 Å². The summed E-state index contributed by atoms with van der Waals surface area (Å²) in [5, 5.41) is 0. The SMILES string of the molecule is CC.CC(=O)c1cccnc1-c1ccccc1. The molecular weight excluding hydrogens is 210 g/mol. The van der Waals surface area contributed by atoms with Crippen molar-refractivity contribution in [1.82, 2.24) is 4.98 Å². The van der Waals surface area contributed by atoms with Gasteiger partial charge in [-0.3, -0.25) is 9.78 Å². The Kier molecular flexibility index (Phi) is 5.08. The van der Waals surface area contributed by atoms with Crippen LogP contribution in [-0.4, -0.2) is 10.8 Å². The number of rotatable bonds is 2. The van der Waals surface area contributed by atoms with Crippen molar-refractivity contribution in [3.63, 3.8) is 0 Å². The second-order valence-corrected chi connectivity index (χ2v) is 3.32. The van der Waals surface area contributed by atoms with Gasteiger partial charge in [0.1, 0.15) is 0 Å². The molecule has 0 aliphatic rings. The molecule has 0 N–H and O–H groups in total. The molecule has 0 saturated heterocycles. The highest BCUT2D eigenvalue weighted by Crippen LogP contribution is 2.20. The fourth-order valence-corrected chi connectivity index (χ4v) is 1.52. The molecular formula is C15H17NO. The van der Waals surface area contributed by atoms with E-state index in [2.05, 4.69) is 4.98 Å². The fourth-order valence-electron chi connectivity index (χ4n) is 1.52. The molecule has 2 aromatic rings. The Balaban J connectivity index is 0.000000686. The zero-order valence-electron chi connectivity index (χ0n) is 10.5. The molecule has 0 radical (unpaired) electrons. The predicted octanol–water partition coefficient (Wildman–Crippen LogP) is 3.98. The summed E-state index contributed by atoms with van der Waals surface area (Å²) < 4.78 is 0. The van der Waals surface area contributed by atoms with Gasteiger partial charge >= 0.3 is 0 Å². The van der Waals surface area contributed by atoms with E-state index in [0.29, 0.717) is 5.56 Å². The summed E-state index contributed by atoms with van der Waals surface area (Å²) in [5.74, 6) is 0.0435. The average molecular weight is 227 g/mol. The van der Waals surface area contributed by atoms with E-state index in [0.717, 1.165) is 11.3 Å². The Morgan fingerprint density at radius 1 is 1.00 bits per heavy atom. The Bertz CT molecular complexity index is 477. The zero-order chi connectivity index (χ0) is 12.7. The van der Waals surface area contributed by atoms with Crippen LogP contribution in [0, 0.1) is 0 Å². The summed E-state index contributed by atoms with van der Waals surface area (Å²) in [6, 6.07) is 13.3. The Morgan fingerprint density at radius 3 is 2.24 bits per heavy atom. The molecule has 17 heavy (non-hydrogen) atoms. The number of carbonyl (C=O) groups is 1. The third-order valence-electron chi connectivity index (χ3n) is 2.23. The minimum atomic E-state index is 0.0435. The molecule has 88 valence electrons.